The van der Waals surface area contributed by atoms with E-state index in [1.807, 2.05) is 25.1 Å². The van der Waals surface area contributed by atoms with E-state index in [-0.39, 0.29) is 17.9 Å². The molecule has 23 heavy (non-hydrogen) atoms. The van der Waals surface area contributed by atoms with Crippen molar-refractivity contribution in [1.29, 1.82) is 0 Å². The molecule has 5 heteroatoms. The van der Waals surface area contributed by atoms with Crippen LogP contribution in [0.1, 0.15) is 44.7 Å². The minimum Gasteiger partial charge on any atom is -0.493 e. The Bertz CT molecular complexity index is 513. The molecule has 1 aliphatic rings. The van der Waals surface area contributed by atoms with Crippen molar-refractivity contribution < 1.29 is 14.3 Å². The first kappa shape index (κ1) is 17.6. The molecule has 1 aromatic rings. The van der Waals surface area contributed by atoms with Crippen molar-refractivity contribution in [3.05, 3.63) is 23.8 Å². The Hall–Kier alpha value is -1.75. The zero-order valence-electron chi connectivity index (χ0n) is 14.4. The molecule has 0 bridgehead atoms. The number of rotatable bonds is 8. The summed E-state index contributed by atoms with van der Waals surface area (Å²) in [7, 11) is 1.64. The summed E-state index contributed by atoms with van der Waals surface area (Å²) in [6.07, 6.45) is 3.03. The van der Waals surface area contributed by atoms with Gasteiger partial charge in [-0.1, -0.05) is 19.4 Å². The first-order valence-electron chi connectivity index (χ1n) is 8.47. The van der Waals surface area contributed by atoms with Gasteiger partial charge in [0, 0.05) is 6.54 Å². The van der Waals surface area contributed by atoms with Crippen LogP contribution in [0.4, 0.5) is 0 Å². The van der Waals surface area contributed by atoms with Crippen molar-refractivity contribution in [1.82, 2.24) is 10.6 Å². The van der Waals surface area contributed by atoms with Gasteiger partial charge < -0.3 is 20.1 Å². The monoisotopic (exact) mass is 320 g/mol. The van der Waals surface area contributed by atoms with Gasteiger partial charge in [0.15, 0.2) is 11.5 Å². The molecule has 0 aromatic heterocycles. The van der Waals surface area contributed by atoms with Crippen LogP contribution in [0.2, 0.25) is 0 Å². The van der Waals surface area contributed by atoms with E-state index in [1.54, 1.807) is 7.11 Å². The first-order chi connectivity index (χ1) is 11.2. The largest absolute Gasteiger partial charge is 0.493 e. The van der Waals surface area contributed by atoms with Crippen LogP contribution in [0.15, 0.2) is 18.2 Å². The van der Waals surface area contributed by atoms with Crippen molar-refractivity contribution in [2.24, 2.45) is 5.92 Å². The van der Waals surface area contributed by atoms with E-state index in [4.69, 9.17) is 9.47 Å². The molecule has 2 N–H and O–H groups in total. The van der Waals surface area contributed by atoms with Gasteiger partial charge in [0.1, 0.15) is 0 Å². The summed E-state index contributed by atoms with van der Waals surface area (Å²) in [6.45, 7) is 6.50. The molecule has 0 aliphatic carbocycles. The molecule has 128 valence electrons. The average Bonchev–Trinajstić information content (AvgIpc) is 3.09. The smallest absolute Gasteiger partial charge is 0.224 e. The minimum atomic E-state index is -0.0540. The van der Waals surface area contributed by atoms with E-state index in [1.165, 1.54) is 0 Å². The van der Waals surface area contributed by atoms with E-state index in [0.717, 1.165) is 43.7 Å². The van der Waals surface area contributed by atoms with Gasteiger partial charge in [-0.3, -0.25) is 4.79 Å². The first-order valence-corrected chi connectivity index (χ1v) is 8.47. The van der Waals surface area contributed by atoms with Crippen molar-refractivity contribution in [3.63, 3.8) is 0 Å². The van der Waals surface area contributed by atoms with Gasteiger partial charge in [0.05, 0.1) is 25.7 Å². The maximum atomic E-state index is 12.2. The zero-order chi connectivity index (χ0) is 16.7. The molecule has 1 saturated heterocycles. The molecule has 1 aromatic carbocycles. The average molecular weight is 320 g/mol. The predicted molar refractivity (Wildman–Crippen MR) is 90.9 cm³/mol. The van der Waals surface area contributed by atoms with E-state index >= 15 is 0 Å². The van der Waals surface area contributed by atoms with Gasteiger partial charge in [-0.25, -0.2) is 0 Å². The quantitative estimate of drug-likeness (QED) is 0.723. The number of carbonyl (C=O) groups is 1. The fraction of sp³-hybridized carbons (Fsp3) is 0.611. The van der Waals surface area contributed by atoms with Gasteiger partial charge in [-0.15, -0.1) is 0 Å². The Labute approximate surface area is 138 Å². The molecule has 0 radical (unpaired) electrons. The van der Waals surface area contributed by atoms with E-state index in [2.05, 4.69) is 17.6 Å². The third kappa shape index (κ3) is 4.86. The Morgan fingerprint density at radius 2 is 2.26 bits per heavy atom. The molecule has 2 rings (SSSR count). The fourth-order valence-electron chi connectivity index (χ4n) is 2.69. The Morgan fingerprint density at radius 3 is 2.91 bits per heavy atom. The molecule has 0 spiro atoms. The molecule has 0 saturated carbocycles. The number of nitrogens with one attached hydrogen (secondary N) is 2. The summed E-state index contributed by atoms with van der Waals surface area (Å²) >= 11 is 0. The topological polar surface area (TPSA) is 59.6 Å². The maximum Gasteiger partial charge on any atom is 0.224 e. The van der Waals surface area contributed by atoms with Gasteiger partial charge in [0.25, 0.3) is 0 Å². The lowest BCUT2D eigenvalue weighted by atomic mass is 10.0. The Kier molecular flexibility index (Phi) is 6.71. The molecule has 1 aliphatic heterocycles. The summed E-state index contributed by atoms with van der Waals surface area (Å²) in [6, 6.07) is 5.80. The second-order valence-electron chi connectivity index (χ2n) is 6.03. The lowest BCUT2D eigenvalue weighted by Crippen LogP contribution is -2.33. The second kappa shape index (κ2) is 8.77. The van der Waals surface area contributed by atoms with Crippen molar-refractivity contribution >= 4 is 5.91 Å². The highest BCUT2D eigenvalue weighted by Gasteiger charge is 2.24. The highest BCUT2D eigenvalue weighted by atomic mass is 16.5. The number of methoxy groups -OCH3 is 1. The maximum absolute atomic E-state index is 12.2. The summed E-state index contributed by atoms with van der Waals surface area (Å²) in [5.41, 5.74) is 1.02. The van der Waals surface area contributed by atoms with Crippen LogP contribution in [0.25, 0.3) is 0 Å². The third-order valence-electron chi connectivity index (χ3n) is 4.23. The third-order valence-corrected chi connectivity index (χ3v) is 4.23. The number of unbranched alkanes of at least 4 members (excludes halogenated alkanes) is 1. The normalized spacial score (nSPS) is 18.5. The number of benzene rings is 1. The van der Waals surface area contributed by atoms with Crippen LogP contribution in [0.3, 0.4) is 0 Å². The second-order valence-corrected chi connectivity index (χ2v) is 6.03. The molecule has 1 fully saturated rings. The van der Waals surface area contributed by atoms with E-state index in [0.29, 0.717) is 12.4 Å². The SMILES string of the molecule is CCCCOc1ccc(C(C)NC(=O)C2CCNC2)cc1OC. The Balaban J connectivity index is 1.99. The Morgan fingerprint density at radius 1 is 1.43 bits per heavy atom. The number of ether oxygens (including phenoxy) is 2. The standard InChI is InChI=1S/C18H28N2O3/c1-4-5-10-23-16-7-6-14(11-17(16)22-3)13(2)20-18(21)15-8-9-19-12-15/h6-7,11,13,15,19H,4-5,8-10,12H2,1-3H3,(H,20,21). The molecular formula is C18H28N2O3. The van der Waals surface area contributed by atoms with E-state index < -0.39 is 0 Å². The molecule has 1 amide bonds. The lowest BCUT2D eigenvalue weighted by molar-refractivity contribution is -0.125. The molecule has 2 atom stereocenters. The summed E-state index contributed by atoms with van der Waals surface area (Å²) in [5, 5.41) is 6.30. The molecule has 5 nitrogen and oxygen atoms in total. The summed E-state index contributed by atoms with van der Waals surface area (Å²) in [5.74, 6) is 1.66. The van der Waals surface area contributed by atoms with Crippen LogP contribution < -0.4 is 20.1 Å². The molecular weight excluding hydrogens is 292 g/mol. The highest BCUT2D eigenvalue weighted by Crippen LogP contribution is 2.30. The van der Waals surface area contributed by atoms with Gasteiger partial charge in [-0.05, 0) is 44.0 Å². The minimum absolute atomic E-state index is 0.0540. The molecule has 2 unspecified atom stereocenters. The van der Waals surface area contributed by atoms with Crippen LogP contribution in [0.5, 0.6) is 11.5 Å². The zero-order valence-corrected chi connectivity index (χ0v) is 14.4. The van der Waals surface area contributed by atoms with Gasteiger partial charge in [0.2, 0.25) is 5.91 Å². The van der Waals surface area contributed by atoms with Gasteiger partial charge >= 0.3 is 0 Å². The number of amides is 1. The van der Waals surface area contributed by atoms with Crippen LogP contribution >= 0.6 is 0 Å². The van der Waals surface area contributed by atoms with Crippen LogP contribution in [-0.2, 0) is 4.79 Å². The number of hydrogen-bond acceptors (Lipinski definition) is 4. The molecule has 1 heterocycles. The lowest BCUT2D eigenvalue weighted by Gasteiger charge is -2.19. The van der Waals surface area contributed by atoms with Crippen molar-refractivity contribution in [3.8, 4) is 11.5 Å². The van der Waals surface area contributed by atoms with E-state index in [9.17, 15) is 4.79 Å². The van der Waals surface area contributed by atoms with Crippen LogP contribution in [0, 0.1) is 5.92 Å². The van der Waals surface area contributed by atoms with Crippen LogP contribution in [-0.4, -0.2) is 32.7 Å². The predicted octanol–water partition coefficient (Wildman–Crippen LogP) is 2.66. The van der Waals surface area contributed by atoms with Crippen molar-refractivity contribution in [2.75, 3.05) is 26.8 Å². The fourth-order valence-corrected chi connectivity index (χ4v) is 2.69. The van der Waals surface area contributed by atoms with Gasteiger partial charge in [-0.2, -0.15) is 0 Å². The highest BCUT2D eigenvalue weighted by molar-refractivity contribution is 5.79. The number of hydrogen-bond donors (Lipinski definition) is 2. The number of carbonyl (C=O) groups excluding carboxylic acids is 1. The van der Waals surface area contributed by atoms with Crippen molar-refractivity contribution in [2.45, 2.75) is 39.2 Å². The summed E-state index contributed by atoms with van der Waals surface area (Å²) in [4.78, 5) is 12.2. The summed E-state index contributed by atoms with van der Waals surface area (Å²) < 4.78 is 11.2.